The molecular weight excluding hydrogens is 490 g/mol. The van der Waals surface area contributed by atoms with Gasteiger partial charge in [0, 0.05) is 43.0 Å². The van der Waals surface area contributed by atoms with Crippen molar-refractivity contribution >= 4 is 21.9 Å². The molecule has 2 aromatic carbocycles. The molecule has 8 heteroatoms. The Labute approximate surface area is 228 Å². The summed E-state index contributed by atoms with van der Waals surface area (Å²) in [5.74, 6) is 1.02. The van der Waals surface area contributed by atoms with Crippen molar-refractivity contribution in [3.8, 4) is 17.0 Å². The molecular formula is C31H35N5O3. The fraction of sp³-hybridized carbons (Fsp3) is 0.387. The number of aryl methyl sites for hydroxylation is 2. The molecule has 1 aliphatic heterocycles. The third kappa shape index (κ3) is 4.37. The molecule has 1 atom stereocenters. The molecule has 6 rings (SSSR count). The molecule has 0 aliphatic carbocycles. The van der Waals surface area contributed by atoms with Crippen LogP contribution in [0.2, 0.25) is 0 Å². The van der Waals surface area contributed by atoms with Crippen LogP contribution in [-0.4, -0.2) is 50.0 Å². The third-order valence-electron chi connectivity index (χ3n) is 8.02. The molecule has 1 fully saturated rings. The predicted molar refractivity (Wildman–Crippen MR) is 152 cm³/mol. The van der Waals surface area contributed by atoms with E-state index < -0.39 is 5.60 Å². The van der Waals surface area contributed by atoms with Crippen LogP contribution in [0.4, 0.5) is 0 Å². The molecule has 1 saturated heterocycles. The maximum atomic E-state index is 11.1. The van der Waals surface area contributed by atoms with Crippen molar-refractivity contribution in [3.63, 3.8) is 0 Å². The second-order valence-electron chi connectivity index (χ2n) is 11.0. The lowest BCUT2D eigenvalue weighted by Gasteiger charge is -2.33. The number of benzene rings is 2. The molecule has 1 N–H and O–H groups in total. The molecule has 1 aliphatic rings. The first-order valence-electron chi connectivity index (χ1n) is 13.5. The van der Waals surface area contributed by atoms with E-state index in [0.717, 1.165) is 70.5 Å². The van der Waals surface area contributed by atoms with Crippen molar-refractivity contribution < 1.29 is 14.6 Å². The number of pyridine rings is 1. The number of rotatable bonds is 6. The van der Waals surface area contributed by atoms with E-state index in [1.807, 2.05) is 26.2 Å². The monoisotopic (exact) mass is 525 g/mol. The molecule has 8 nitrogen and oxygen atoms in total. The summed E-state index contributed by atoms with van der Waals surface area (Å²) in [4.78, 5) is 5.02. The average molecular weight is 526 g/mol. The van der Waals surface area contributed by atoms with Gasteiger partial charge in [-0.25, -0.2) is 4.68 Å². The molecule has 3 aromatic heterocycles. The van der Waals surface area contributed by atoms with Crippen LogP contribution in [0.1, 0.15) is 49.6 Å². The van der Waals surface area contributed by atoms with Gasteiger partial charge in [-0.15, -0.1) is 5.10 Å². The van der Waals surface area contributed by atoms with Gasteiger partial charge in [0.25, 0.3) is 0 Å². The largest absolute Gasteiger partial charge is 0.496 e. The van der Waals surface area contributed by atoms with E-state index in [1.165, 1.54) is 5.56 Å². The van der Waals surface area contributed by atoms with Gasteiger partial charge in [0.2, 0.25) is 0 Å². The minimum atomic E-state index is -1.09. The van der Waals surface area contributed by atoms with Crippen molar-refractivity contribution in [1.82, 2.24) is 24.5 Å². The molecule has 5 aromatic rings. The Morgan fingerprint density at radius 1 is 1.08 bits per heavy atom. The third-order valence-corrected chi connectivity index (χ3v) is 8.02. The molecule has 0 amide bonds. The number of fused-ring (bicyclic) bond motifs is 3. The number of ether oxygens (including phenoxy) is 2. The Bertz CT molecular complexity index is 1620. The van der Waals surface area contributed by atoms with Crippen molar-refractivity contribution in [2.45, 2.75) is 45.3 Å². The summed E-state index contributed by atoms with van der Waals surface area (Å²) in [6, 6.07) is 17.1. The van der Waals surface area contributed by atoms with Gasteiger partial charge in [0.05, 0.1) is 46.7 Å². The summed E-state index contributed by atoms with van der Waals surface area (Å²) in [6.07, 6.45) is 3.83. The first-order valence-corrected chi connectivity index (χ1v) is 13.5. The zero-order chi connectivity index (χ0) is 27.3. The van der Waals surface area contributed by atoms with Crippen LogP contribution in [-0.2, 0) is 17.4 Å². The van der Waals surface area contributed by atoms with Crippen LogP contribution >= 0.6 is 0 Å². The standard InChI is InChI=1S/C31H35N5O3/c1-19-29(35(4)34-33-19)22-15-26-28(32-18-22)23-16-27(38-5)24(31(2,3)37)17-25(23)36(26)30(20-9-7-6-8-10-20)21-11-13-39-14-12-21/h6-10,15-18,21,30,37H,11-14H2,1-5H3/t30-/m1/s1. The van der Waals surface area contributed by atoms with Crippen LogP contribution < -0.4 is 4.74 Å². The van der Waals surface area contributed by atoms with E-state index in [-0.39, 0.29) is 6.04 Å². The van der Waals surface area contributed by atoms with Gasteiger partial charge in [-0.05, 0) is 63.3 Å². The summed E-state index contributed by atoms with van der Waals surface area (Å²) >= 11 is 0. The Kier molecular flexibility index (Phi) is 6.40. The lowest BCUT2D eigenvalue weighted by atomic mass is 9.86. The lowest BCUT2D eigenvalue weighted by molar-refractivity contribution is 0.0552. The normalized spacial score (nSPS) is 15.7. The summed E-state index contributed by atoms with van der Waals surface area (Å²) in [6.45, 7) is 7.06. The first kappa shape index (κ1) is 25.5. The molecule has 4 heterocycles. The smallest absolute Gasteiger partial charge is 0.125 e. The maximum absolute atomic E-state index is 11.1. The van der Waals surface area contributed by atoms with E-state index in [4.69, 9.17) is 14.5 Å². The van der Waals surface area contributed by atoms with Crippen molar-refractivity contribution in [2.75, 3.05) is 20.3 Å². The number of hydrogen-bond acceptors (Lipinski definition) is 6. The highest BCUT2D eigenvalue weighted by atomic mass is 16.5. The molecule has 0 unspecified atom stereocenters. The number of aromatic nitrogens is 5. The Balaban J connectivity index is 1.72. The SMILES string of the molecule is COc1cc2c3ncc(-c4c(C)nnn4C)cc3n([C@H](c3ccccc3)C3CCOCC3)c2cc1C(C)(C)O. The fourth-order valence-corrected chi connectivity index (χ4v) is 6.18. The summed E-state index contributed by atoms with van der Waals surface area (Å²) < 4.78 is 15.8. The molecule has 202 valence electrons. The van der Waals surface area contributed by atoms with Crippen LogP contribution in [0.15, 0.2) is 54.7 Å². The van der Waals surface area contributed by atoms with Crippen LogP contribution in [0.25, 0.3) is 33.2 Å². The highest BCUT2D eigenvalue weighted by molar-refractivity contribution is 6.07. The summed E-state index contributed by atoms with van der Waals surface area (Å²) in [5.41, 5.74) is 6.61. The number of methoxy groups -OCH3 is 1. The lowest BCUT2D eigenvalue weighted by Crippen LogP contribution is -2.27. The zero-order valence-corrected chi connectivity index (χ0v) is 23.2. The van der Waals surface area contributed by atoms with Crippen LogP contribution in [0.5, 0.6) is 5.75 Å². The molecule has 0 bridgehead atoms. The summed E-state index contributed by atoms with van der Waals surface area (Å²) in [5, 5.41) is 20.6. The highest BCUT2D eigenvalue weighted by Crippen LogP contribution is 2.44. The van der Waals surface area contributed by atoms with Crippen LogP contribution in [0.3, 0.4) is 0 Å². The molecule has 0 radical (unpaired) electrons. The zero-order valence-electron chi connectivity index (χ0n) is 23.2. The second-order valence-corrected chi connectivity index (χ2v) is 11.0. The number of nitrogens with zero attached hydrogens (tertiary/aromatic N) is 5. The summed E-state index contributed by atoms with van der Waals surface area (Å²) in [7, 11) is 3.55. The second kappa shape index (κ2) is 9.77. The van der Waals surface area contributed by atoms with E-state index in [0.29, 0.717) is 11.7 Å². The van der Waals surface area contributed by atoms with E-state index in [2.05, 4.69) is 57.3 Å². The Morgan fingerprint density at radius 3 is 2.46 bits per heavy atom. The van der Waals surface area contributed by atoms with Gasteiger partial charge >= 0.3 is 0 Å². The minimum absolute atomic E-state index is 0.0564. The topological polar surface area (TPSA) is 87.2 Å². The van der Waals surface area contributed by atoms with Gasteiger partial charge in [-0.1, -0.05) is 35.5 Å². The van der Waals surface area contributed by atoms with Gasteiger partial charge in [-0.2, -0.15) is 0 Å². The highest BCUT2D eigenvalue weighted by Gasteiger charge is 2.32. The molecule has 39 heavy (non-hydrogen) atoms. The number of aliphatic hydroxyl groups is 1. The van der Waals surface area contributed by atoms with Crippen molar-refractivity contribution in [3.05, 3.63) is 71.5 Å². The van der Waals surface area contributed by atoms with E-state index >= 15 is 0 Å². The first-order chi connectivity index (χ1) is 18.8. The van der Waals surface area contributed by atoms with Gasteiger partial charge in [0.15, 0.2) is 0 Å². The quantitative estimate of drug-likeness (QED) is 0.313. The maximum Gasteiger partial charge on any atom is 0.125 e. The Hall–Kier alpha value is -3.75. The molecule has 0 saturated carbocycles. The van der Waals surface area contributed by atoms with Gasteiger partial charge < -0.3 is 19.1 Å². The van der Waals surface area contributed by atoms with Gasteiger partial charge in [-0.3, -0.25) is 4.98 Å². The minimum Gasteiger partial charge on any atom is -0.496 e. The molecule has 0 spiro atoms. The predicted octanol–water partition coefficient (Wildman–Crippen LogP) is 5.55. The van der Waals surface area contributed by atoms with Crippen molar-refractivity contribution in [2.24, 2.45) is 13.0 Å². The average Bonchev–Trinajstić information content (AvgIpc) is 3.44. The Morgan fingerprint density at radius 2 is 1.82 bits per heavy atom. The fourth-order valence-electron chi connectivity index (χ4n) is 6.18. The van der Waals surface area contributed by atoms with Gasteiger partial charge in [0.1, 0.15) is 5.75 Å². The van der Waals surface area contributed by atoms with Crippen LogP contribution in [0, 0.1) is 12.8 Å². The van der Waals surface area contributed by atoms with Crippen molar-refractivity contribution in [1.29, 1.82) is 0 Å². The number of hydrogen-bond donors (Lipinski definition) is 1. The van der Waals surface area contributed by atoms with E-state index in [1.54, 1.807) is 25.6 Å². The van der Waals surface area contributed by atoms with E-state index in [9.17, 15) is 5.11 Å².